The van der Waals surface area contributed by atoms with Gasteiger partial charge in [0.2, 0.25) is 0 Å². The lowest BCUT2D eigenvalue weighted by molar-refractivity contribution is 0.669. The molecule has 4 nitrogen and oxygen atoms in total. The molecule has 0 aliphatic heterocycles. The third-order valence-electron chi connectivity index (χ3n) is 8.01. The first-order valence-electron chi connectivity index (χ1n) is 20.3. The minimum Gasteiger partial charge on any atom is -0.456 e. The Hall–Kier alpha value is -6.39. The van der Waals surface area contributed by atoms with Crippen molar-refractivity contribution in [1.82, 2.24) is 15.0 Å². The molecule has 0 unspecified atom stereocenters. The third-order valence-corrected chi connectivity index (χ3v) is 8.01. The molecule has 4 heteroatoms. The number of fused-ring (bicyclic) bond motifs is 4. The second-order valence-corrected chi connectivity index (χ2v) is 10.8. The summed E-state index contributed by atoms with van der Waals surface area (Å²) in [6, 6.07) is 25.2. The molecule has 0 fully saturated rings. The van der Waals surface area contributed by atoms with E-state index in [1.165, 1.54) is 6.07 Å². The van der Waals surface area contributed by atoms with Gasteiger partial charge in [0.15, 0.2) is 17.5 Å². The van der Waals surface area contributed by atoms with E-state index in [2.05, 4.69) is 0 Å². The van der Waals surface area contributed by atoms with Crippen LogP contribution >= 0.6 is 0 Å². The molecule has 0 atom stereocenters. The molecule has 0 radical (unpaired) electrons. The van der Waals surface area contributed by atoms with Crippen molar-refractivity contribution in [1.29, 1.82) is 0 Å². The normalized spacial score (nSPS) is 14.7. The van der Waals surface area contributed by atoms with Gasteiger partial charge in [-0.2, -0.15) is 0 Å². The Balaban J connectivity index is 1.19. The van der Waals surface area contributed by atoms with Gasteiger partial charge >= 0.3 is 0 Å². The van der Waals surface area contributed by atoms with Gasteiger partial charge in [0.05, 0.1) is 15.1 Å². The van der Waals surface area contributed by atoms with Gasteiger partial charge in [-0.05, 0) is 51.2 Å². The van der Waals surface area contributed by atoms with Gasteiger partial charge in [-0.25, -0.2) is 15.0 Å². The van der Waals surface area contributed by atoms with Gasteiger partial charge in [-0.15, -0.1) is 0 Å². The van der Waals surface area contributed by atoms with Crippen molar-refractivity contribution < 1.29 is 19.5 Å². The van der Waals surface area contributed by atoms with Gasteiger partial charge in [0.1, 0.15) is 11.2 Å². The molecule has 0 aliphatic carbocycles. The van der Waals surface area contributed by atoms with E-state index in [0.29, 0.717) is 39.7 Å². The van der Waals surface area contributed by atoms with Gasteiger partial charge in [-0.3, -0.25) is 0 Å². The molecule has 2 aromatic heterocycles. The van der Waals surface area contributed by atoms with Crippen LogP contribution in [0.2, 0.25) is 0 Å². The van der Waals surface area contributed by atoms with Crippen LogP contribution in [-0.4, -0.2) is 15.0 Å². The fourth-order valence-electron chi connectivity index (χ4n) is 5.78. The summed E-state index contributed by atoms with van der Waals surface area (Å²) in [5.74, 6) is 1.11. The zero-order chi connectivity index (χ0) is 40.7. The number of hydrogen-bond donors (Lipinski definition) is 0. The summed E-state index contributed by atoms with van der Waals surface area (Å²) in [6.45, 7) is 0. The smallest absolute Gasteiger partial charge is 0.164 e. The summed E-state index contributed by atoms with van der Waals surface area (Å²) in [4.78, 5) is 14.7. The molecule has 9 aromatic rings. The highest BCUT2D eigenvalue weighted by Crippen LogP contribution is 2.37. The molecular formula is C43H27N3O. The Kier molecular flexibility index (Phi) is 4.27. The Morgan fingerprint density at radius 3 is 1.98 bits per heavy atom. The molecule has 0 aliphatic rings. The maximum atomic E-state index is 8.91. The van der Waals surface area contributed by atoms with E-state index in [-0.39, 0.29) is 81.4 Å². The van der Waals surface area contributed by atoms with E-state index in [9.17, 15) is 0 Å². The molecule has 0 saturated carbocycles. The zero-order valence-corrected chi connectivity index (χ0v) is 24.5. The number of furan rings is 1. The molecule has 0 amide bonds. The van der Waals surface area contributed by atoms with E-state index >= 15 is 0 Å². The van der Waals surface area contributed by atoms with Crippen LogP contribution in [0.1, 0.15) is 15.1 Å². The first-order valence-corrected chi connectivity index (χ1v) is 14.8. The first kappa shape index (κ1) is 17.9. The number of nitrogens with zero attached hydrogens (tertiary/aromatic N) is 3. The summed E-state index contributed by atoms with van der Waals surface area (Å²) in [5, 5.41) is 1.95. The minimum atomic E-state index is -0.457. The second-order valence-electron chi connectivity index (χ2n) is 10.8. The highest BCUT2D eigenvalue weighted by molar-refractivity contribution is 6.12. The average Bonchev–Trinajstić information content (AvgIpc) is 3.65. The fraction of sp³-hybridized carbons (Fsp3) is 0. The maximum absolute atomic E-state index is 8.91. The van der Waals surface area contributed by atoms with Crippen LogP contribution in [0.25, 0.3) is 89.1 Å². The predicted octanol–water partition coefficient (Wildman–Crippen LogP) is 11.3. The van der Waals surface area contributed by atoms with Crippen molar-refractivity contribution in [2.24, 2.45) is 0 Å². The molecule has 0 spiro atoms. The predicted molar refractivity (Wildman–Crippen MR) is 192 cm³/mol. The monoisotopic (exact) mass is 612 g/mol. The Bertz CT molecular complexity index is 3160. The van der Waals surface area contributed by atoms with Crippen LogP contribution in [0.5, 0.6) is 0 Å². The summed E-state index contributed by atoms with van der Waals surface area (Å²) in [6.07, 6.45) is 0. The lowest BCUT2D eigenvalue weighted by Crippen LogP contribution is -2.00. The van der Waals surface area contributed by atoms with Crippen LogP contribution in [0.3, 0.4) is 0 Å². The standard InChI is InChI=1S/C43H27N3O/c1-3-11-28(12-4-1)32-25-26-34-33(27-32)15-9-18-36(34)43-45-41(30-13-5-2-6-14-30)44-42(46-43)31-23-21-29(22-24-31)35-17-10-20-39-40(35)37-16-7-8-19-38(37)47-39/h1-27H/i1D,3D,4D,8D,10D,11D,12D,16D,17D,19D,20D. The van der Waals surface area contributed by atoms with Crippen molar-refractivity contribution in [2.75, 3.05) is 0 Å². The number of hydrogen-bond acceptors (Lipinski definition) is 4. The van der Waals surface area contributed by atoms with Crippen molar-refractivity contribution in [3.63, 3.8) is 0 Å². The average molecular weight is 613 g/mol. The highest BCUT2D eigenvalue weighted by Gasteiger charge is 2.16. The van der Waals surface area contributed by atoms with Crippen LogP contribution in [0.4, 0.5) is 0 Å². The molecule has 2 heterocycles. The van der Waals surface area contributed by atoms with Gasteiger partial charge in [0, 0.05) is 27.5 Å². The van der Waals surface area contributed by atoms with Crippen LogP contribution in [0.15, 0.2) is 168 Å². The van der Waals surface area contributed by atoms with Crippen LogP contribution < -0.4 is 0 Å². The van der Waals surface area contributed by atoms with E-state index in [1.54, 1.807) is 36.4 Å². The quantitative estimate of drug-likeness (QED) is 0.194. The van der Waals surface area contributed by atoms with Crippen molar-refractivity contribution in [2.45, 2.75) is 0 Å². The van der Waals surface area contributed by atoms with Crippen molar-refractivity contribution in [3.05, 3.63) is 164 Å². The van der Waals surface area contributed by atoms with E-state index in [1.807, 2.05) is 54.6 Å². The van der Waals surface area contributed by atoms with Crippen LogP contribution in [0, 0.1) is 0 Å². The molecule has 47 heavy (non-hydrogen) atoms. The summed E-state index contributed by atoms with van der Waals surface area (Å²) in [5.41, 5.74) is 3.26. The molecule has 0 N–H and O–H groups in total. The maximum Gasteiger partial charge on any atom is 0.164 e. The van der Waals surface area contributed by atoms with Crippen molar-refractivity contribution in [3.8, 4) is 56.4 Å². The lowest BCUT2D eigenvalue weighted by Gasteiger charge is -2.12. The van der Waals surface area contributed by atoms with Gasteiger partial charge in [-0.1, -0.05) is 145 Å². The largest absolute Gasteiger partial charge is 0.456 e. The van der Waals surface area contributed by atoms with Crippen LogP contribution in [-0.2, 0) is 0 Å². The number of benzene rings is 7. The number of para-hydroxylation sites is 1. The summed E-state index contributed by atoms with van der Waals surface area (Å²) < 4.78 is 98.3. The molecule has 7 aromatic carbocycles. The van der Waals surface area contributed by atoms with E-state index in [0.717, 1.165) is 16.3 Å². The first-order chi connectivity index (χ1) is 27.8. The molecule has 9 rings (SSSR count). The van der Waals surface area contributed by atoms with Gasteiger partial charge in [0.25, 0.3) is 0 Å². The summed E-state index contributed by atoms with van der Waals surface area (Å²) >= 11 is 0. The number of rotatable bonds is 5. The Labute approximate surface area is 287 Å². The third kappa shape index (κ3) is 4.84. The molecule has 0 saturated heterocycles. The topological polar surface area (TPSA) is 51.8 Å². The fourth-order valence-corrected chi connectivity index (χ4v) is 5.78. The lowest BCUT2D eigenvalue weighted by atomic mass is 9.98. The summed E-state index contributed by atoms with van der Waals surface area (Å²) in [7, 11) is 0. The minimum absolute atomic E-state index is 0.0344. The van der Waals surface area contributed by atoms with Gasteiger partial charge < -0.3 is 4.42 Å². The molecule has 220 valence electrons. The van der Waals surface area contributed by atoms with E-state index in [4.69, 9.17) is 34.4 Å². The highest BCUT2D eigenvalue weighted by atomic mass is 16.3. The Morgan fingerprint density at radius 1 is 0.426 bits per heavy atom. The molecular weight excluding hydrogens is 574 g/mol. The SMILES string of the molecule is [2H]c1cc([2H])c2c(oc3c([2H])c([2H])c([2H])c(-c4ccc(-c5nc(-c6ccccc6)nc(-c6cccc7cc(-c8c([2H])c([2H])c([2H])c([2H])c8[2H])ccc67)n5)cc4)c32)c1[2H]. The van der Waals surface area contributed by atoms with E-state index < -0.39 is 18.1 Å². The Morgan fingerprint density at radius 2 is 1.15 bits per heavy atom. The zero-order valence-electron chi connectivity index (χ0n) is 35.5. The second kappa shape index (κ2) is 11.2. The molecule has 0 bridgehead atoms. The number of aromatic nitrogens is 3. The van der Waals surface area contributed by atoms with Crippen molar-refractivity contribution >= 4 is 32.7 Å².